The Morgan fingerprint density at radius 3 is 2.63 bits per heavy atom. The van der Waals surface area contributed by atoms with E-state index in [0.717, 1.165) is 35.0 Å². The molecule has 3 unspecified atom stereocenters. The summed E-state index contributed by atoms with van der Waals surface area (Å²) in [5, 5.41) is 26.0. The van der Waals surface area contributed by atoms with Crippen molar-refractivity contribution in [1.82, 2.24) is 29.4 Å². The number of hydrogen-bond donors (Lipinski definition) is 5. The molecule has 2 fully saturated rings. The number of halogens is 1. The number of nitrogens with two attached hydrogens (primary N) is 1. The van der Waals surface area contributed by atoms with Crippen LogP contribution in [-0.4, -0.2) is 94.5 Å². The van der Waals surface area contributed by atoms with E-state index < -0.39 is 60.9 Å². The molecule has 5 atom stereocenters. The topological polar surface area (TPSA) is 243 Å². The molecule has 0 spiro atoms. The van der Waals surface area contributed by atoms with Crippen LogP contribution in [0.4, 0.5) is 11.8 Å². The third-order valence-corrected chi connectivity index (χ3v) is 9.88. The minimum Gasteiger partial charge on any atom is -0.461 e. The fraction of sp³-hybridized carbons (Fsp3) is 0.520. The Labute approximate surface area is 272 Å². The van der Waals surface area contributed by atoms with Crippen molar-refractivity contribution in [1.29, 1.82) is 0 Å². The molecule has 6 N–H and O–H groups in total. The molecule has 0 bridgehead atoms. The molecule has 21 heteroatoms. The SMILES string of the molecule is CN(NS(C)(=O)=O)c1nc(N)nc2c1ncn2C1OC(COP(=O)(NCC(=O)OC2CCC2)Oc2ccc(Br)cc2)[C@@H](O)[C@@]1(C)O. The van der Waals surface area contributed by atoms with E-state index in [1.165, 1.54) is 37.0 Å². The molecule has 0 amide bonds. The van der Waals surface area contributed by atoms with Gasteiger partial charge in [-0.3, -0.25) is 18.9 Å². The van der Waals surface area contributed by atoms with Crippen LogP contribution < -0.4 is 25.2 Å². The average Bonchev–Trinajstić information content (AvgIpc) is 3.45. The molecule has 1 saturated heterocycles. The molecule has 3 heterocycles. The number of aromatic nitrogens is 4. The summed E-state index contributed by atoms with van der Waals surface area (Å²) >= 11 is 3.31. The highest BCUT2D eigenvalue weighted by molar-refractivity contribution is 9.10. The normalized spacial score (nSPS) is 24.8. The molecule has 46 heavy (non-hydrogen) atoms. The molecule has 3 aromatic rings. The van der Waals surface area contributed by atoms with Gasteiger partial charge in [-0.25, -0.2) is 23.1 Å². The Kier molecular flexibility index (Phi) is 9.93. The van der Waals surface area contributed by atoms with Gasteiger partial charge in [0.15, 0.2) is 23.2 Å². The van der Waals surface area contributed by atoms with Crippen molar-refractivity contribution >= 4 is 62.6 Å². The van der Waals surface area contributed by atoms with Gasteiger partial charge < -0.3 is 29.9 Å². The monoisotopic (exact) mass is 748 g/mol. The quantitative estimate of drug-likeness (QED) is 0.0929. The highest BCUT2D eigenvalue weighted by Crippen LogP contribution is 2.47. The van der Waals surface area contributed by atoms with Gasteiger partial charge in [-0.2, -0.15) is 9.97 Å². The van der Waals surface area contributed by atoms with Crippen LogP contribution in [0.5, 0.6) is 5.75 Å². The van der Waals surface area contributed by atoms with E-state index in [1.54, 1.807) is 12.1 Å². The predicted molar refractivity (Wildman–Crippen MR) is 167 cm³/mol. The zero-order valence-corrected chi connectivity index (χ0v) is 28.2. The zero-order chi connectivity index (χ0) is 33.4. The van der Waals surface area contributed by atoms with E-state index in [1.807, 2.05) is 0 Å². The minimum absolute atomic E-state index is 0.0117. The molecule has 1 saturated carbocycles. The first kappa shape index (κ1) is 34.4. The molecular weight excluding hydrogens is 715 g/mol. The van der Waals surface area contributed by atoms with Gasteiger partial charge in [0.25, 0.3) is 0 Å². The lowest BCUT2D eigenvalue weighted by atomic mass is 9.96. The number of esters is 1. The number of fused-ring (bicyclic) bond motifs is 1. The molecular formula is C25H34BrN8O10PS. The molecule has 5 rings (SSSR count). The molecule has 252 valence electrons. The van der Waals surface area contributed by atoms with Crippen molar-refractivity contribution in [3.8, 4) is 5.75 Å². The number of imidazole rings is 1. The molecule has 1 aliphatic carbocycles. The second-order valence-corrected chi connectivity index (χ2v) is 15.5. The Morgan fingerprint density at radius 1 is 1.30 bits per heavy atom. The summed E-state index contributed by atoms with van der Waals surface area (Å²) < 4.78 is 62.0. The number of nitrogens with zero attached hydrogens (tertiary/aromatic N) is 5. The van der Waals surface area contributed by atoms with Crippen molar-refractivity contribution in [2.75, 3.05) is 37.2 Å². The van der Waals surface area contributed by atoms with Crippen LogP contribution in [0.2, 0.25) is 0 Å². The van der Waals surface area contributed by atoms with Crippen LogP contribution in [-0.2, 0) is 33.4 Å². The number of nitrogens with one attached hydrogen (secondary N) is 2. The largest absolute Gasteiger partial charge is 0.461 e. The average molecular weight is 750 g/mol. The Balaban J connectivity index is 1.35. The number of carbonyl (C=O) groups is 1. The summed E-state index contributed by atoms with van der Waals surface area (Å²) in [6, 6.07) is 6.38. The molecule has 2 aliphatic rings. The third-order valence-electron chi connectivity index (χ3n) is 7.26. The number of benzene rings is 1. The van der Waals surface area contributed by atoms with Crippen LogP contribution in [0, 0.1) is 0 Å². The van der Waals surface area contributed by atoms with Crippen LogP contribution in [0.25, 0.3) is 11.2 Å². The number of rotatable bonds is 13. The third kappa shape index (κ3) is 7.77. The second-order valence-electron chi connectivity index (χ2n) is 11.1. The summed E-state index contributed by atoms with van der Waals surface area (Å²) in [4.78, 5) is 27.1. The Hall–Kier alpha value is -2.94. The first-order valence-electron chi connectivity index (χ1n) is 14.0. The van der Waals surface area contributed by atoms with E-state index in [0.29, 0.717) is 0 Å². The number of ether oxygens (including phenoxy) is 2. The molecule has 18 nitrogen and oxygen atoms in total. The van der Waals surface area contributed by atoms with Gasteiger partial charge in [0.05, 0.1) is 19.2 Å². The maximum Gasteiger partial charge on any atom is 0.459 e. The fourth-order valence-electron chi connectivity index (χ4n) is 4.78. The number of sulfonamides is 1. The van der Waals surface area contributed by atoms with Gasteiger partial charge in [-0.15, -0.1) is 4.83 Å². The first-order valence-corrected chi connectivity index (χ1v) is 18.2. The zero-order valence-electron chi connectivity index (χ0n) is 24.9. The minimum atomic E-state index is -4.28. The van der Waals surface area contributed by atoms with Crippen molar-refractivity contribution in [2.24, 2.45) is 0 Å². The van der Waals surface area contributed by atoms with E-state index in [2.05, 4.69) is 40.8 Å². The fourth-order valence-corrected chi connectivity index (χ4v) is 6.90. The lowest BCUT2D eigenvalue weighted by Gasteiger charge is -2.27. The molecule has 1 aliphatic heterocycles. The first-order chi connectivity index (χ1) is 21.5. The van der Waals surface area contributed by atoms with Gasteiger partial charge in [0.1, 0.15) is 36.2 Å². The number of carbonyl (C=O) groups excluding carboxylic acids is 1. The number of aliphatic hydroxyl groups is 2. The lowest BCUT2D eigenvalue weighted by molar-refractivity contribution is -0.151. The van der Waals surface area contributed by atoms with Crippen LogP contribution >= 0.6 is 23.7 Å². The summed E-state index contributed by atoms with van der Waals surface area (Å²) in [5.74, 6) is -0.703. The van der Waals surface area contributed by atoms with Crippen LogP contribution in [0.15, 0.2) is 35.1 Å². The standard InChI is InChI=1S/C25H34BrN8O10PS/c1-25(37)20(36)17(43-23(25)34-13-28-19-21(30-24(27)31-22(19)34)33(2)32-46(3,39)40)12-41-45(38,44-16-9-7-14(26)8-10-16)29-11-18(35)42-15-5-4-6-15/h7-10,13,15,17,20,23,32,36-37H,4-6,11-12H2,1-3H3,(H,29,38)(H2,27,30,31)/t17?,20-,23?,25-,45?/m1/s1. The summed E-state index contributed by atoms with van der Waals surface area (Å²) in [7, 11) is -6.58. The summed E-state index contributed by atoms with van der Waals surface area (Å²) in [6.07, 6.45) is 0.315. The van der Waals surface area contributed by atoms with Crippen LogP contribution in [0.3, 0.4) is 0 Å². The van der Waals surface area contributed by atoms with Crippen molar-refractivity contribution in [3.63, 3.8) is 0 Å². The number of hydrazine groups is 1. The van der Waals surface area contributed by atoms with Crippen molar-refractivity contribution in [3.05, 3.63) is 35.1 Å². The smallest absolute Gasteiger partial charge is 0.459 e. The van der Waals surface area contributed by atoms with Crippen molar-refractivity contribution in [2.45, 2.75) is 56.3 Å². The number of hydrogen-bond acceptors (Lipinski definition) is 15. The van der Waals surface area contributed by atoms with E-state index in [-0.39, 0.29) is 34.8 Å². The van der Waals surface area contributed by atoms with Gasteiger partial charge >= 0.3 is 13.7 Å². The predicted octanol–water partition coefficient (Wildman–Crippen LogP) is 0.970. The highest BCUT2D eigenvalue weighted by atomic mass is 79.9. The van der Waals surface area contributed by atoms with E-state index in [9.17, 15) is 28.0 Å². The summed E-state index contributed by atoms with van der Waals surface area (Å²) in [6.45, 7) is 0.276. The van der Waals surface area contributed by atoms with Gasteiger partial charge in [0.2, 0.25) is 16.0 Å². The summed E-state index contributed by atoms with van der Waals surface area (Å²) in [5.41, 5.74) is 4.08. The molecule has 2 aromatic heterocycles. The van der Waals surface area contributed by atoms with Crippen LogP contribution in [0.1, 0.15) is 32.4 Å². The molecule has 0 radical (unpaired) electrons. The Morgan fingerprint density at radius 2 is 2.00 bits per heavy atom. The number of anilines is 2. The number of nitrogen functional groups attached to an aromatic ring is 1. The van der Waals surface area contributed by atoms with Gasteiger partial charge in [-0.05, 0) is 50.5 Å². The van der Waals surface area contributed by atoms with Gasteiger partial charge in [-0.1, -0.05) is 15.9 Å². The van der Waals surface area contributed by atoms with Gasteiger partial charge in [0, 0.05) is 11.5 Å². The molecule has 1 aromatic carbocycles. The Bertz CT molecular complexity index is 1740. The van der Waals surface area contributed by atoms with Crippen molar-refractivity contribution < 1.29 is 46.5 Å². The lowest BCUT2D eigenvalue weighted by Crippen LogP contribution is -2.44. The maximum atomic E-state index is 13.8. The maximum absolute atomic E-state index is 13.8. The highest BCUT2D eigenvalue weighted by Gasteiger charge is 2.54. The van der Waals surface area contributed by atoms with E-state index >= 15 is 0 Å². The van der Waals surface area contributed by atoms with E-state index in [4.69, 9.17) is 24.3 Å². The second kappa shape index (κ2) is 13.3. The number of aliphatic hydroxyl groups excluding tert-OH is 1.